The molecule has 0 radical (unpaired) electrons. The average Bonchev–Trinajstić information content (AvgIpc) is 2.52. The molecule has 5 nitrogen and oxygen atoms in total. The van der Waals surface area contributed by atoms with Gasteiger partial charge < -0.3 is 10.4 Å². The maximum Gasteiger partial charge on any atom is 0.407 e. The van der Waals surface area contributed by atoms with Gasteiger partial charge in [-0.2, -0.15) is 0 Å². The molecule has 0 aromatic rings. The van der Waals surface area contributed by atoms with Gasteiger partial charge >= 0.3 is 6.09 Å². The van der Waals surface area contributed by atoms with E-state index in [0.29, 0.717) is 19.5 Å². The molecule has 1 aliphatic rings. The summed E-state index contributed by atoms with van der Waals surface area (Å²) in [5.41, 5.74) is 0. The van der Waals surface area contributed by atoms with Crippen molar-refractivity contribution in [3.05, 3.63) is 0 Å². The molecule has 0 aliphatic carbocycles. The van der Waals surface area contributed by atoms with Crippen LogP contribution in [0.4, 0.5) is 4.79 Å². The number of carboxylic acid groups (broad SMARTS) is 1. The summed E-state index contributed by atoms with van der Waals surface area (Å²) in [6, 6.07) is -0.475. The third-order valence-corrected chi connectivity index (χ3v) is 2.15. The molecule has 2 N–H and O–H groups in total. The van der Waals surface area contributed by atoms with Crippen LogP contribution in [0.15, 0.2) is 0 Å². The van der Waals surface area contributed by atoms with Crippen LogP contribution in [0.25, 0.3) is 0 Å². The van der Waals surface area contributed by atoms with Crippen LogP contribution in [-0.2, 0) is 4.79 Å². The zero-order valence-electron chi connectivity index (χ0n) is 7.62. The van der Waals surface area contributed by atoms with Crippen molar-refractivity contribution < 1.29 is 14.7 Å². The van der Waals surface area contributed by atoms with Crippen molar-refractivity contribution in [3.63, 3.8) is 0 Å². The Bertz CT molecular complexity index is 217. The van der Waals surface area contributed by atoms with Crippen molar-refractivity contribution in [2.45, 2.75) is 25.8 Å². The van der Waals surface area contributed by atoms with E-state index in [0.717, 1.165) is 6.42 Å². The SMILES string of the molecule is CCNC(=O)[C@H]1CCCN1C(=O)O. The number of likely N-dealkylation sites (tertiary alicyclic amines) is 1. The number of nitrogens with one attached hydrogen (secondary N) is 1. The summed E-state index contributed by atoms with van der Waals surface area (Å²) < 4.78 is 0. The third kappa shape index (κ3) is 2.11. The molecule has 0 aromatic heterocycles. The first kappa shape index (κ1) is 9.83. The summed E-state index contributed by atoms with van der Waals surface area (Å²) in [6.07, 6.45) is 0.403. The van der Waals surface area contributed by atoms with Gasteiger partial charge in [-0.15, -0.1) is 0 Å². The smallest absolute Gasteiger partial charge is 0.407 e. The molecule has 0 bridgehead atoms. The zero-order chi connectivity index (χ0) is 9.84. The Hall–Kier alpha value is -1.26. The lowest BCUT2D eigenvalue weighted by Crippen LogP contribution is -2.45. The van der Waals surface area contributed by atoms with Gasteiger partial charge in [0, 0.05) is 13.1 Å². The van der Waals surface area contributed by atoms with Crippen LogP contribution in [0.1, 0.15) is 19.8 Å². The molecule has 0 spiro atoms. The molecule has 2 amide bonds. The fourth-order valence-electron chi connectivity index (χ4n) is 1.56. The molecule has 0 unspecified atom stereocenters. The predicted molar refractivity (Wildman–Crippen MR) is 46.4 cm³/mol. The highest BCUT2D eigenvalue weighted by Gasteiger charge is 2.33. The number of hydrogen-bond acceptors (Lipinski definition) is 2. The van der Waals surface area contributed by atoms with Crippen LogP contribution >= 0.6 is 0 Å². The summed E-state index contributed by atoms with van der Waals surface area (Å²) in [5.74, 6) is -0.178. The fourth-order valence-corrected chi connectivity index (χ4v) is 1.56. The first-order valence-corrected chi connectivity index (χ1v) is 4.44. The number of carbonyl (C=O) groups excluding carboxylic acids is 1. The van der Waals surface area contributed by atoms with E-state index >= 15 is 0 Å². The molecular weight excluding hydrogens is 172 g/mol. The molecule has 74 valence electrons. The van der Waals surface area contributed by atoms with Crippen molar-refractivity contribution in [1.82, 2.24) is 10.2 Å². The molecule has 1 aliphatic heterocycles. The van der Waals surface area contributed by atoms with E-state index in [4.69, 9.17) is 5.11 Å². The zero-order valence-corrected chi connectivity index (χ0v) is 7.62. The van der Waals surface area contributed by atoms with Crippen molar-refractivity contribution in [2.75, 3.05) is 13.1 Å². The number of amides is 2. The maximum absolute atomic E-state index is 11.3. The number of rotatable bonds is 2. The Morgan fingerprint density at radius 1 is 1.62 bits per heavy atom. The highest BCUT2D eigenvalue weighted by atomic mass is 16.4. The van der Waals surface area contributed by atoms with Gasteiger partial charge in [0.1, 0.15) is 6.04 Å². The minimum Gasteiger partial charge on any atom is -0.465 e. The van der Waals surface area contributed by atoms with E-state index in [1.165, 1.54) is 4.90 Å². The predicted octanol–water partition coefficient (Wildman–Crippen LogP) is 0.265. The lowest BCUT2D eigenvalue weighted by atomic mass is 10.2. The van der Waals surface area contributed by atoms with Gasteiger partial charge in [-0.3, -0.25) is 9.69 Å². The Labute approximate surface area is 76.7 Å². The van der Waals surface area contributed by atoms with E-state index in [9.17, 15) is 9.59 Å². The molecule has 1 fully saturated rings. The molecular formula is C8H14N2O3. The standard InChI is InChI=1S/C8H14N2O3/c1-2-9-7(11)6-4-3-5-10(6)8(12)13/h6H,2-5H2,1H3,(H,9,11)(H,12,13)/t6-/m1/s1. The first-order valence-electron chi connectivity index (χ1n) is 4.44. The lowest BCUT2D eigenvalue weighted by Gasteiger charge is -2.20. The number of hydrogen-bond donors (Lipinski definition) is 2. The monoisotopic (exact) mass is 186 g/mol. The maximum atomic E-state index is 11.3. The molecule has 5 heteroatoms. The van der Waals surface area contributed by atoms with Crippen LogP contribution in [0, 0.1) is 0 Å². The van der Waals surface area contributed by atoms with Gasteiger partial charge in [0.25, 0.3) is 0 Å². The minimum absolute atomic E-state index is 0.178. The highest BCUT2D eigenvalue weighted by molar-refractivity contribution is 5.85. The van der Waals surface area contributed by atoms with Crippen LogP contribution in [0.3, 0.4) is 0 Å². The van der Waals surface area contributed by atoms with Crippen molar-refractivity contribution in [3.8, 4) is 0 Å². The normalized spacial score (nSPS) is 21.6. The van der Waals surface area contributed by atoms with Crippen LogP contribution in [0.5, 0.6) is 0 Å². The molecule has 0 saturated carbocycles. The molecule has 1 atom stereocenters. The molecule has 1 rings (SSSR count). The Morgan fingerprint density at radius 3 is 2.85 bits per heavy atom. The summed E-state index contributed by atoms with van der Waals surface area (Å²) in [4.78, 5) is 23.2. The van der Waals surface area contributed by atoms with Gasteiger partial charge in [-0.25, -0.2) is 4.79 Å². The van der Waals surface area contributed by atoms with Gasteiger partial charge in [-0.1, -0.05) is 0 Å². The quantitative estimate of drug-likeness (QED) is 0.650. The summed E-state index contributed by atoms with van der Waals surface area (Å²) >= 11 is 0. The van der Waals surface area contributed by atoms with Crippen LogP contribution in [-0.4, -0.2) is 41.1 Å². The van der Waals surface area contributed by atoms with Crippen molar-refractivity contribution in [1.29, 1.82) is 0 Å². The minimum atomic E-state index is -1.01. The number of nitrogens with zero attached hydrogens (tertiary/aromatic N) is 1. The molecule has 1 heterocycles. The largest absolute Gasteiger partial charge is 0.465 e. The van der Waals surface area contributed by atoms with Gasteiger partial charge in [0.15, 0.2) is 0 Å². The van der Waals surface area contributed by atoms with Gasteiger partial charge in [0.2, 0.25) is 5.91 Å². The Balaban J connectivity index is 2.57. The Kier molecular flexibility index (Phi) is 3.11. The van der Waals surface area contributed by atoms with Gasteiger partial charge in [-0.05, 0) is 19.8 Å². The summed E-state index contributed by atoms with van der Waals surface area (Å²) in [7, 11) is 0. The second-order valence-electron chi connectivity index (χ2n) is 3.03. The second kappa shape index (κ2) is 4.11. The Morgan fingerprint density at radius 2 is 2.31 bits per heavy atom. The molecule has 13 heavy (non-hydrogen) atoms. The topological polar surface area (TPSA) is 69.6 Å². The average molecular weight is 186 g/mol. The van der Waals surface area contributed by atoms with Crippen LogP contribution in [0.2, 0.25) is 0 Å². The molecule has 1 saturated heterocycles. The van der Waals surface area contributed by atoms with Gasteiger partial charge in [0.05, 0.1) is 0 Å². The first-order chi connectivity index (χ1) is 6.16. The summed E-state index contributed by atoms with van der Waals surface area (Å²) in [6.45, 7) is 2.83. The molecule has 0 aromatic carbocycles. The number of likely N-dealkylation sites (N-methyl/N-ethyl adjacent to an activating group) is 1. The summed E-state index contributed by atoms with van der Waals surface area (Å²) in [5, 5.41) is 11.4. The van der Waals surface area contributed by atoms with E-state index in [1.807, 2.05) is 6.92 Å². The van der Waals surface area contributed by atoms with E-state index in [2.05, 4.69) is 5.32 Å². The number of carbonyl (C=O) groups is 2. The van der Waals surface area contributed by atoms with E-state index in [1.54, 1.807) is 0 Å². The van der Waals surface area contributed by atoms with Crippen molar-refractivity contribution >= 4 is 12.0 Å². The lowest BCUT2D eigenvalue weighted by molar-refractivity contribution is -0.124. The second-order valence-corrected chi connectivity index (χ2v) is 3.03. The third-order valence-electron chi connectivity index (χ3n) is 2.15. The van der Waals surface area contributed by atoms with E-state index in [-0.39, 0.29) is 5.91 Å². The van der Waals surface area contributed by atoms with E-state index < -0.39 is 12.1 Å². The van der Waals surface area contributed by atoms with Crippen LogP contribution < -0.4 is 5.32 Å². The highest BCUT2D eigenvalue weighted by Crippen LogP contribution is 2.16. The van der Waals surface area contributed by atoms with Crippen molar-refractivity contribution in [2.24, 2.45) is 0 Å². The fraction of sp³-hybridized carbons (Fsp3) is 0.750.